The normalized spacial score (nSPS) is 17.3. The van der Waals surface area contributed by atoms with Gasteiger partial charge in [0.25, 0.3) is 17.7 Å². The monoisotopic (exact) mass is 606 g/mol. The van der Waals surface area contributed by atoms with Crippen molar-refractivity contribution in [3.8, 4) is 0 Å². The average molecular weight is 607 g/mol. The van der Waals surface area contributed by atoms with Gasteiger partial charge in [0.2, 0.25) is 0 Å². The van der Waals surface area contributed by atoms with Crippen LogP contribution in [0.4, 0.5) is 11.4 Å². The van der Waals surface area contributed by atoms with E-state index in [4.69, 9.17) is 16.3 Å². The standard InChI is InChI=1S/C30H31ClN6O6/c31-26-8-6-21(18-33-26)29(41)35-23-15-19(28(40)34-22(16-27(38)39)20-3-1-9-32-17-20)5-7-24(23)36-10-12-37(13-11-36)30(42)25-4-2-14-43-25/h1,3,5-9,15,17-18,22,25H,2,4,10-14,16H2,(H,34,40)(H,35,41)(H,38,39). The number of carboxylic acid groups (broad SMARTS) is 1. The molecule has 2 saturated heterocycles. The maximum atomic E-state index is 13.4. The zero-order valence-electron chi connectivity index (χ0n) is 23.2. The van der Waals surface area contributed by atoms with Crippen molar-refractivity contribution in [2.45, 2.75) is 31.4 Å². The highest BCUT2D eigenvalue weighted by Gasteiger charge is 2.31. The van der Waals surface area contributed by atoms with Gasteiger partial charge in [0.15, 0.2) is 0 Å². The Balaban J connectivity index is 1.37. The Morgan fingerprint density at radius 2 is 1.81 bits per heavy atom. The average Bonchev–Trinajstić information content (AvgIpc) is 3.56. The minimum atomic E-state index is -1.08. The molecule has 3 N–H and O–H groups in total. The Hall–Kier alpha value is -4.55. The van der Waals surface area contributed by atoms with Gasteiger partial charge in [0.05, 0.1) is 29.4 Å². The van der Waals surface area contributed by atoms with Crippen molar-refractivity contribution in [3.63, 3.8) is 0 Å². The first kappa shape index (κ1) is 29.9. The van der Waals surface area contributed by atoms with Gasteiger partial charge in [-0.2, -0.15) is 0 Å². The fourth-order valence-electron chi connectivity index (χ4n) is 5.15. The number of anilines is 2. The fraction of sp³-hybridized carbons (Fsp3) is 0.333. The smallest absolute Gasteiger partial charge is 0.305 e. The lowest BCUT2D eigenvalue weighted by molar-refractivity contribution is -0.141. The van der Waals surface area contributed by atoms with Gasteiger partial charge in [-0.05, 0) is 54.8 Å². The lowest BCUT2D eigenvalue weighted by Gasteiger charge is -2.37. The highest BCUT2D eigenvalue weighted by atomic mass is 35.5. The third-order valence-electron chi connectivity index (χ3n) is 7.40. The lowest BCUT2D eigenvalue weighted by Crippen LogP contribution is -2.51. The van der Waals surface area contributed by atoms with Crippen LogP contribution in [-0.2, 0) is 14.3 Å². The predicted molar refractivity (Wildman–Crippen MR) is 158 cm³/mol. The van der Waals surface area contributed by atoms with E-state index < -0.39 is 23.8 Å². The Morgan fingerprint density at radius 1 is 1.02 bits per heavy atom. The molecule has 0 spiro atoms. The molecule has 13 heteroatoms. The molecule has 224 valence electrons. The molecule has 0 radical (unpaired) electrons. The number of ether oxygens (including phenoxy) is 1. The topological polar surface area (TPSA) is 154 Å². The van der Waals surface area contributed by atoms with E-state index in [1.165, 1.54) is 18.5 Å². The maximum Gasteiger partial charge on any atom is 0.305 e. The van der Waals surface area contributed by atoms with E-state index in [0.717, 1.165) is 12.8 Å². The molecular formula is C30H31ClN6O6. The van der Waals surface area contributed by atoms with Crippen molar-refractivity contribution < 1.29 is 29.0 Å². The number of hydrogen-bond acceptors (Lipinski definition) is 8. The third kappa shape index (κ3) is 7.46. The van der Waals surface area contributed by atoms with Gasteiger partial charge in [-0.15, -0.1) is 0 Å². The van der Waals surface area contributed by atoms with Crippen molar-refractivity contribution in [2.75, 3.05) is 43.0 Å². The third-order valence-corrected chi connectivity index (χ3v) is 7.63. The second kappa shape index (κ2) is 13.6. The number of rotatable bonds is 9. The maximum absolute atomic E-state index is 13.4. The van der Waals surface area contributed by atoms with Crippen LogP contribution in [0.15, 0.2) is 61.1 Å². The van der Waals surface area contributed by atoms with Gasteiger partial charge < -0.3 is 30.3 Å². The van der Waals surface area contributed by atoms with Crippen LogP contribution in [0.1, 0.15) is 51.6 Å². The minimum absolute atomic E-state index is 0.00235. The summed E-state index contributed by atoms with van der Waals surface area (Å²) in [6, 6.07) is 10.5. The van der Waals surface area contributed by atoms with Crippen LogP contribution in [0, 0.1) is 0 Å². The molecule has 4 heterocycles. The van der Waals surface area contributed by atoms with Gasteiger partial charge in [-0.1, -0.05) is 17.7 Å². The molecule has 2 aliphatic heterocycles. The van der Waals surface area contributed by atoms with E-state index >= 15 is 0 Å². The Morgan fingerprint density at radius 3 is 2.47 bits per heavy atom. The molecule has 2 aliphatic rings. The number of aromatic nitrogens is 2. The number of amides is 3. The van der Waals surface area contributed by atoms with Crippen molar-refractivity contribution in [2.24, 2.45) is 0 Å². The number of carbonyl (C=O) groups is 4. The first-order valence-corrected chi connectivity index (χ1v) is 14.3. The SMILES string of the molecule is O=C(O)CC(NC(=O)c1ccc(N2CCN(C(=O)C3CCCO3)CC2)c(NC(=O)c2ccc(Cl)nc2)c1)c1cccnc1. The summed E-state index contributed by atoms with van der Waals surface area (Å²) >= 11 is 5.88. The summed E-state index contributed by atoms with van der Waals surface area (Å²) in [7, 11) is 0. The van der Waals surface area contributed by atoms with Crippen LogP contribution < -0.4 is 15.5 Å². The Labute approximate surface area is 253 Å². The number of carbonyl (C=O) groups excluding carboxylic acids is 3. The van der Waals surface area contributed by atoms with Gasteiger partial charge in [0, 0.05) is 56.9 Å². The van der Waals surface area contributed by atoms with E-state index in [1.807, 2.05) is 4.90 Å². The van der Waals surface area contributed by atoms with Gasteiger partial charge >= 0.3 is 5.97 Å². The van der Waals surface area contributed by atoms with E-state index in [1.54, 1.807) is 47.5 Å². The van der Waals surface area contributed by atoms with E-state index in [0.29, 0.717) is 49.7 Å². The van der Waals surface area contributed by atoms with Crippen molar-refractivity contribution in [1.82, 2.24) is 20.2 Å². The number of hydrogen-bond donors (Lipinski definition) is 3. The van der Waals surface area contributed by atoms with Crippen LogP contribution >= 0.6 is 11.6 Å². The summed E-state index contributed by atoms with van der Waals surface area (Å²) in [6.07, 6.45) is 5.31. The molecule has 2 fully saturated rings. The zero-order valence-corrected chi connectivity index (χ0v) is 24.0. The van der Waals surface area contributed by atoms with Crippen LogP contribution in [0.25, 0.3) is 0 Å². The highest BCUT2D eigenvalue weighted by Crippen LogP contribution is 2.30. The summed E-state index contributed by atoms with van der Waals surface area (Å²) in [5.74, 6) is -2.05. The molecule has 43 heavy (non-hydrogen) atoms. The lowest BCUT2D eigenvalue weighted by atomic mass is 10.0. The second-order valence-corrected chi connectivity index (χ2v) is 10.7. The van der Waals surface area contributed by atoms with E-state index in [-0.39, 0.29) is 34.7 Å². The summed E-state index contributed by atoms with van der Waals surface area (Å²) in [4.78, 5) is 62.7. The van der Waals surface area contributed by atoms with Crippen molar-refractivity contribution in [3.05, 3.63) is 82.9 Å². The number of nitrogens with one attached hydrogen (secondary N) is 2. The van der Waals surface area contributed by atoms with Crippen molar-refractivity contribution >= 4 is 46.7 Å². The van der Waals surface area contributed by atoms with E-state index in [9.17, 15) is 24.3 Å². The van der Waals surface area contributed by atoms with Gasteiger partial charge in [-0.25, -0.2) is 4.98 Å². The first-order chi connectivity index (χ1) is 20.8. The number of carboxylic acids is 1. The number of halogens is 1. The van der Waals surface area contributed by atoms with Crippen LogP contribution in [0.2, 0.25) is 5.15 Å². The Bertz CT molecular complexity index is 1470. The summed E-state index contributed by atoms with van der Waals surface area (Å²) in [5, 5.41) is 15.3. The van der Waals surface area contributed by atoms with Crippen LogP contribution in [-0.4, -0.2) is 82.6 Å². The minimum Gasteiger partial charge on any atom is -0.481 e. The Kier molecular flexibility index (Phi) is 9.48. The van der Waals surface area contributed by atoms with Crippen molar-refractivity contribution in [1.29, 1.82) is 0 Å². The molecule has 0 saturated carbocycles. The molecule has 1 aromatic carbocycles. The van der Waals surface area contributed by atoms with Gasteiger partial charge in [0.1, 0.15) is 11.3 Å². The molecule has 3 aromatic rings. The van der Waals surface area contributed by atoms with Crippen LogP contribution in [0.3, 0.4) is 0 Å². The first-order valence-electron chi connectivity index (χ1n) is 13.9. The molecular weight excluding hydrogens is 576 g/mol. The molecule has 3 amide bonds. The molecule has 5 rings (SSSR count). The highest BCUT2D eigenvalue weighted by molar-refractivity contribution is 6.29. The number of nitrogens with zero attached hydrogens (tertiary/aromatic N) is 4. The quantitative estimate of drug-likeness (QED) is 0.312. The van der Waals surface area contributed by atoms with E-state index in [2.05, 4.69) is 20.6 Å². The number of benzene rings is 1. The number of pyridine rings is 2. The van der Waals surface area contributed by atoms with Gasteiger partial charge in [-0.3, -0.25) is 24.2 Å². The summed E-state index contributed by atoms with van der Waals surface area (Å²) in [5.41, 5.74) is 2.09. The van der Waals surface area contributed by atoms with Crippen LogP contribution in [0.5, 0.6) is 0 Å². The molecule has 0 bridgehead atoms. The predicted octanol–water partition coefficient (Wildman–Crippen LogP) is 3.16. The fourth-order valence-corrected chi connectivity index (χ4v) is 5.26. The summed E-state index contributed by atoms with van der Waals surface area (Å²) in [6.45, 7) is 2.59. The molecule has 12 nitrogen and oxygen atoms in total. The molecule has 2 atom stereocenters. The zero-order chi connectivity index (χ0) is 30.3. The number of aliphatic carboxylic acids is 1. The second-order valence-electron chi connectivity index (χ2n) is 10.3. The molecule has 2 unspecified atom stereocenters. The largest absolute Gasteiger partial charge is 0.481 e. The summed E-state index contributed by atoms with van der Waals surface area (Å²) < 4.78 is 5.56. The number of piperazine rings is 1. The molecule has 2 aromatic heterocycles. The molecule has 0 aliphatic carbocycles.